The number of aryl methyl sites for hydroxylation is 1. The number of benzene rings is 2. The zero-order chi connectivity index (χ0) is 24.0. The van der Waals surface area contributed by atoms with Gasteiger partial charge in [0, 0.05) is 23.2 Å². The van der Waals surface area contributed by atoms with Crippen molar-refractivity contribution in [3.05, 3.63) is 83.2 Å². The van der Waals surface area contributed by atoms with Crippen LogP contribution in [0.15, 0.2) is 60.6 Å². The number of rotatable bonds is 9. The second-order valence-corrected chi connectivity index (χ2v) is 8.75. The van der Waals surface area contributed by atoms with Gasteiger partial charge in [-0.1, -0.05) is 24.3 Å². The predicted molar refractivity (Wildman–Crippen MR) is 130 cm³/mol. The Balaban J connectivity index is 1.91. The number of nitrogens with zero attached hydrogens (tertiary/aromatic N) is 2. The number of carbonyl (C=O) groups is 1. The first-order valence-corrected chi connectivity index (χ1v) is 11.3. The van der Waals surface area contributed by atoms with Gasteiger partial charge < -0.3 is 14.6 Å². The van der Waals surface area contributed by atoms with E-state index in [0.29, 0.717) is 35.6 Å². The molecule has 0 unspecified atom stereocenters. The molecule has 0 saturated carbocycles. The summed E-state index contributed by atoms with van der Waals surface area (Å²) in [6, 6.07) is 12.2. The van der Waals surface area contributed by atoms with Gasteiger partial charge in [-0.15, -0.1) is 11.6 Å². The number of aromatic nitrogens is 2. The van der Waals surface area contributed by atoms with Crippen molar-refractivity contribution in [3.63, 3.8) is 0 Å². The lowest BCUT2D eigenvalue weighted by Crippen LogP contribution is -2.42. The minimum Gasteiger partial charge on any atom is -0.495 e. The molecule has 0 radical (unpaired) electrons. The Labute approximate surface area is 199 Å². The Morgan fingerprint density at radius 2 is 2.03 bits per heavy atom. The molecule has 5 nitrogen and oxygen atoms in total. The maximum absolute atomic E-state index is 14.3. The first-order valence-electron chi connectivity index (χ1n) is 10.8. The van der Waals surface area contributed by atoms with Gasteiger partial charge in [-0.3, -0.25) is 4.79 Å². The van der Waals surface area contributed by atoms with E-state index in [2.05, 4.69) is 10.3 Å². The normalized spacial score (nSPS) is 12.0. The molecule has 0 aliphatic rings. The number of methoxy groups -OCH3 is 1. The minimum atomic E-state index is -0.886. The van der Waals surface area contributed by atoms with E-state index in [-0.39, 0.29) is 11.7 Å². The van der Waals surface area contributed by atoms with E-state index in [1.165, 1.54) is 6.07 Å². The highest BCUT2D eigenvalue weighted by Gasteiger charge is 2.27. The van der Waals surface area contributed by atoms with E-state index >= 15 is 0 Å². The summed E-state index contributed by atoms with van der Waals surface area (Å²) >= 11 is 5.90. The molecule has 0 saturated heterocycles. The van der Waals surface area contributed by atoms with Gasteiger partial charge in [0.25, 0.3) is 0 Å². The molecule has 0 atom stereocenters. The van der Waals surface area contributed by atoms with Crippen molar-refractivity contribution in [2.24, 2.45) is 0 Å². The molecule has 1 amide bonds. The maximum atomic E-state index is 14.3. The lowest BCUT2D eigenvalue weighted by Gasteiger charge is -2.28. The minimum absolute atomic E-state index is 0.262. The third-order valence-corrected chi connectivity index (χ3v) is 5.65. The second-order valence-electron chi connectivity index (χ2n) is 8.37. The average Bonchev–Trinajstić information content (AvgIpc) is 3.22. The second kappa shape index (κ2) is 10.7. The number of ether oxygens (including phenoxy) is 1. The number of amides is 1. The standard InChI is InChI=1S/C26H29ClFN3O2/c1-18-16-31(17-29-18)23-12-11-19(15-24(23)33-4)14-20(8-7-13-27)25(32)30-26(2,3)21-9-5-6-10-22(21)28/h5-6,9-12,14-17H,7-8,13H2,1-4H3,(H,30,32). The van der Waals surface area contributed by atoms with Crippen molar-refractivity contribution < 1.29 is 13.9 Å². The third kappa shape index (κ3) is 6.02. The highest BCUT2D eigenvalue weighted by molar-refractivity contribution is 6.17. The summed E-state index contributed by atoms with van der Waals surface area (Å²) in [6.07, 6.45) is 6.60. The lowest BCUT2D eigenvalue weighted by molar-refractivity contribution is -0.119. The Hall–Kier alpha value is -3.12. The van der Waals surface area contributed by atoms with Crippen LogP contribution in [0, 0.1) is 12.7 Å². The van der Waals surface area contributed by atoms with Crippen LogP contribution in [0.5, 0.6) is 5.75 Å². The number of hydrogen-bond donors (Lipinski definition) is 1. The van der Waals surface area contributed by atoms with Crippen molar-refractivity contribution in [1.29, 1.82) is 0 Å². The number of carbonyl (C=O) groups excluding carboxylic acids is 1. The quantitative estimate of drug-likeness (QED) is 0.319. The molecule has 0 fully saturated rings. The Morgan fingerprint density at radius 3 is 2.67 bits per heavy atom. The topological polar surface area (TPSA) is 56.1 Å². The first kappa shape index (κ1) is 24.5. The van der Waals surface area contributed by atoms with E-state index in [4.69, 9.17) is 16.3 Å². The van der Waals surface area contributed by atoms with Gasteiger partial charge in [-0.2, -0.15) is 0 Å². The summed E-state index contributed by atoms with van der Waals surface area (Å²) < 4.78 is 21.8. The highest BCUT2D eigenvalue weighted by Crippen LogP contribution is 2.27. The molecule has 1 N–H and O–H groups in total. The summed E-state index contributed by atoms with van der Waals surface area (Å²) in [6.45, 7) is 5.49. The molecule has 7 heteroatoms. The zero-order valence-electron chi connectivity index (χ0n) is 19.4. The van der Waals surface area contributed by atoms with Crippen molar-refractivity contribution in [3.8, 4) is 11.4 Å². The largest absolute Gasteiger partial charge is 0.495 e. The summed E-state index contributed by atoms with van der Waals surface area (Å²) in [4.78, 5) is 17.5. The fourth-order valence-electron chi connectivity index (χ4n) is 3.66. The summed E-state index contributed by atoms with van der Waals surface area (Å²) in [5, 5.41) is 2.98. The molecule has 2 aromatic carbocycles. The van der Waals surface area contributed by atoms with Crippen molar-refractivity contribution in [1.82, 2.24) is 14.9 Å². The van der Waals surface area contributed by atoms with Gasteiger partial charge in [-0.25, -0.2) is 9.37 Å². The summed E-state index contributed by atoms with van der Waals surface area (Å²) in [5.41, 5.74) is 2.67. The Kier molecular flexibility index (Phi) is 7.92. The monoisotopic (exact) mass is 469 g/mol. The molecule has 0 spiro atoms. The van der Waals surface area contributed by atoms with E-state index < -0.39 is 5.54 Å². The molecule has 1 aromatic heterocycles. The van der Waals surface area contributed by atoms with Crippen LogP contribution in [0.2, 0.25) is 0 Å². The fraction of sp³-hybridized carbons (Fsp3) is 0.308. The number of imidazole rings is 1. The molecular weight excluding hydrogens is 441 g/mol. The molecule has 174 valence electrons. The molecule has 0 aliphatic heterocycles. The van der Waals surface area contributed by atoms with Gasteiger partial charge in [0.1, 0.15) is 11.6 Å². The van der Waals surface area contributed by atoms with Gasteiger partial charge in [-0.05, 0) is 63.5 Å². The van der Waals surface area contributed by atoms with Crippen LogP contribution in [0.25, 0.3) is 11.8 Å². The Bertz CT molecular complexity index is 1150. The molecule has 1 heterocycles. The van der Waals surface area contributed by atoms with Gasteiger partial charge >= 0.3 is 0 Å². The third-order valence-electron chi connectivity index (χ3n) is 5.38. The van der Waals surface area contributed by atoms with Gasteiger partial charge in [0.05, 0.1) is 30.4 Å². The fourth-order valence-corrected chi connectivity index (χ4v) is 3.79. The smallest absolute Gasteiger partial charge is 0.247 e. The zero-order valence-corrected chi connectivity index (χ0v) is 20.1. The SMILES string of the molecule is COc1cc(C=C(CCCCl)C(=O)NC(C)(C)c2ccccc2F)ccc1-n1cnc(C)c1. The van der Waals surface area contributed by atoms with E-state index in [1.54, 1.807) is 45.5 Å². The Morgan fingerprint density at radius 1 is 1.27 bits per heavy atom. The van der Waals surface area contributed by atoms with Crippen LogP contribution >= 0.6 is 11.6 Å². The van der Waals surface area contributed by atoms with Gasteiger partial charge in [0.2, 0.25) is 5.91 Å². The molecule has 33 heavy (non-hydrogen) atoms. The first-order chi connectivity index (χ1) is 15.7. The van der Waals surface area contributed by atoms with E-state index in [9.17, 15) is 9.18 Å². The van der Waals surface area contributed by atoms with Gasteiger partial charge in [0.15, 0.2) is 0 Å². The van der Waals surface area contributed by atoms with Crippen LogP contribution in [0.3, 0.4) is 0 Å². The van der Waals surface area contributed by atoms with Crippen LogP contribution in [-0.4, -0.2) is 28.4 Å². The number of alkyl halides is 1. The van der Waals surface area contributed by atoms with E-state index in [1.807, 2.05) is 42.0 Å². The van der Waals surface area contributed by atoms with Crippen molar-refractivity contribution >= 4 is 23.6 Å². The van der Waals surface area contributed by atoms with E-state index in [0.717, 1.165) is 16.9 Å². The lowest BCUT2D eigenvalue weighted by atomic mass is 9.92. The molecule has 0 aliphatic carbocycles. The number of nitrogens with one attached hydrogen (secondary N) is 1. The van der Waals surface area contributed by atoms with Crippen LogP contribution < -0.4 is 10.1 Å². The summed E-state index contributed by atoms with van der Waals surface area (Å²) in [7, 11) is 1.61. The van der Waals surface area contributed by atoms with Crippen molar-refractivity contribution in [2.45, 2.75) is 39.2 Å². The maximum Gasteiger partial charge on any atom is 0.247 e. The molecule has 3 aromatic rings. The van der Waals surface area contributed by atoms with Crippen LogP contribution in [0.4, 0.5) is 4.39 Å². The predicted octanol–water partition coefficient (Wildman–Crippen LogP) is 5.78. The molecule has 0 bridgehead atoms. The molecular formula is C26H29ClFN3O2. The summed E-state index contributed by atoms with van der Waals surface area (Å²) in [5.74, 6) is 0.472. The molecule has 3 rings (SSSR count). The van der Waals surface area contributed by atoms with Crippen LogP contribution in [-0.2, 0) is 10.3 Å². The van der Waals surface area contributed by atoms with Crippen molar-refractivity contribution in [2.75, 3.05) is 13.0 Å². The number of hydrogen-bond acceptors (Lipinski definition) is 3. The average molecular weight is 470 g/mol. The number of halogens is 2. The highest BCUT2D eigenvalue weighted by atomic mass is 35.5. The van der Waals surface area contributed by atoms with Crippen LogP contribution in [0.1, 0.15) is 43.5 Å².